The molecule has 0 aliphatic carbocycles. The fourth-order valence-corrected chi connectivity index (χ4v) is 1.02. The lowest BCUT2D eigenvalue weighted by Crippen LogP contribution is -2.34. The quantitative estimate of drug-likeness (QED) is 0.497. The van der Waals surface area contributed by atoms with E-state index in [9.17, 15) is 0 Å². The molecule has 2 N–H and O–H groups in total. The van der Waals surface area contributed by atoms with Crippen molar-refractivity contribution >= 4 is 18.4 Å². The SMILES string of the molecule is OB(O)c1cnc2cccnn12. The Morgan fingerprint density at radius 3 is 3.00 bits per heavy atom. The average Bonchev–Trinajstić information content (AvgIpc) is 2.47. The molecule has 2 aromatic heterocycles. The number of fused-ring (bicyclic) bond motifs is 1. The van der Waals surface area contributed by atoms with Crippen molar-refractivity contribution in [2.75, 3.05) is 0 Å². The summed E-state index contributed by atoms with van der Waals surface area (Å²) in [5.41, 5.74) is 0.867. The molecule has 2 heterocycles. The maximum Gasteiger partial charge on any atom is 0.509 e. The molecule has 5 nitrogen and oxygen atoms in total. The molecule has 0 saturated carbocycles. The third-order valence-electron chi connectivity index (χ3n) is 1.57. The van der Waals surface area contributed by atoms with Gasteiger partial charge in [0.2, 0.25) is 0 Å². The minimum atomic E-state index is -1.53. The monoisotopic (exact) mass is 163 g/mol. The van der Waals surface area contributed by atoms with E-state index in [0.717, 1.165) is 0 Å². The Kier molecular flexibility index (Phi) is 1.56. The van der Waals surface area contributed by atoms with E-state index in [1.807, 2.05) is 0 Å². The van der Waals surface area contributed by atoms with E-state index >= 15 is 0 Å². The summed E-state index contributed by atoms with van der Waals surface area (Å²) in [5.74, 6) is 0. The maximum atomic E-state index is 8.87. The van der Waals surface area contributed by atoms with Crippen molar-refractivity contribution in [3.8, 4) is 0 Å². The summed E-state index contributed by atoms with van der Waals surface area (Å²) in [6.07, 6.45) is 2.94. The lowest BCUT2D eigenvalue weighted by Gasteiger charge is -1.96. The van der Waals surface area contributed by atoms with Crippen LogP contribution >= 0.6 is 0 Å². The second-order valence-electron chi connectivity index (χ2n) is 2.35. The minimum Gasteiger partial charge on any atom is -0.422 e. The lowest BCUT2D eigenvalue weighted by atomic mass is 9.87. The molecule has 0 atom stereocenters. The number of hydrogen-bond donors (Lipinski definition) is 2. The van der Waals surface area contributed by atoms with Crippen molar-refractivity contribution in [2.24, 2.45) is 0 Å². The fraction of sp³-hybridized carbons (Fsp3) is 0. The maximum absolute atomic E-state index is 8.87. The van der Waals surface area contributed by atoms with E-state index in [1.54, 1.807) is 18.3 Å². The van der Waals surface area contributed by atoms with Gasteiger partial charge in [-0.25, -0.2) is 9.50 Å². The van der Waals surface area contributed by atoms with Crippen LogP contribution in [-0.2, 0) is 0 Å². The molecule has 6 heteroatoms. The Morgan fingerprint density at radius 1 is 1.42 bits per heavy atom. The van der Waals surface area contributed by atoms with Crippen LogP contribution in [-0.4, -0.2) is 31.8 Å². The second-order valence-corrected chi connectivity index (χ2v) is 2.35. The van der Waals surface area contributed by atoms with Crippen molar-refractivity contribution in [3.05, 3.63) is 24.5 Å². The highest BCUT2D eigenvalue weighted by Gasteiger charge is 2.16. The minimum absolute atomic E-state index is 0.269. The molecule has 2 aromatic rings. The molecule has 0 spiro atoms. The molecule has 0 unspecified atom stereocenters. The zero-order valence-electron chi connectivity index (χ0n) is 6.12. The first-order valence-electron chi connectivity index (χ1n) is 3.44. The van der Waals surface area contributed by atoms with Gasteiger partial charge in [0.15, 0.2) is 5.65 Å². The van der Waals surface area contributed by atoms with E-state index in [-0.39, 0.29) is 5.59 Å². The topological polar surface area (TPSA) is 70.7 Å². The molecule has 0 saturated heterocycles. The zero-order chi connectivity index (χ0) is 8.55. The molecule has 12 heavy (non-hydrogen) atoms. The molecule has 2 rings (SSSR count). The van der Waals surface area contributed by atoms with E-state index in [1.165, 1.54) is 10.7 Å². The smallest absolute Gasteiger partial charge is 0.422 e. The van der Waals surface area contributed by atoms with Gasteiger partial charge in [0, 0.05) is 12.4 Å². The van der Waals surface area contributed by atoms with Gasteiger partial charge >= 0.3 is 7.12 Å². The summed E-state index contributed by atoms with van der Waals surface area (Å²) < 4.78 is 1.38. The van der Waals surface area contributed by atoms with Crippen LogP contribution in [0.1, 0.15) is 0 Å². The number of hydrogen-bond acceptors (Lipinski definition) is 4. The summed E-state index contributed by atoms with van der Waals surface area (Å²) in [4.78, 5) is 3.92. The van der Waals surface area contributed by atoms with Gasteiger partial charge in [-0.15, -0.1) is 0 Å². The Morgan fingerprint density at radius 2 is 2.25 bits per heavy atom. The van der Waals surface area contributed by atoms with E-state index in [4.69, 9.17) is 10.0 Å². The van der Waals surface area contributed by atoms with Crippen LogP contribution in [0.2, 0.25) is 0 Å². The van der Waals surface area contributed by atoms with Crippen LogP contribution in [0.25, 0.3) is 5.65 Å². The van der Waals surface area contributed by atoms with Crippen LogP contribution < -0.4 is 5.59 Å². The van der Waals surface area contributed by atoms with Crippen LogP contribution in [0.15, 0.2) is 24.5 Å². The van der Waals surface area contributed by atoms with Crippen LogP contribution in [0.4, 0.5) is 0 Å². The number of rotatable bonds is 1. The fourth-order valence-electron chi connectivity index (χ4n) is 1.02. The third kappa shape index (κ3) is 0.974. The van der Waals surface area contributed by atoms with Gasteiger partial charge in [0.25, 0.3) is 0 Å². The highest BCUT2D eigenvalue weighted by molar-refractivity contribution is 6.57. The standard InChI is InChI=1S/C6H6BN3O2/c11-7(12)5-4-8-6-2-1-3-9-10(5)6/h1-4,11-12H. The van der Waals surface area contributed by atoms with Gasteiger partial charge in [-0.1, -0.05) is 0 Å². The first-order chi connectivity index (χ1) is 5.79. The Balaban J connectivity index is 2.70. The van der Waals surface area contributed by atoms with Crippen LogP contribution in [0.5, 0.6) is 0 Å². The lowest BCUT2D eigenvalue weighted by molar-refractivity contribution is 0.423. The number of imidazole rings is 1. The van der Waals surface area contributed by atoms with Crippen molar-refractivity contribution < 1.29 is 10.0 Å². The first kappa shape index (κ1) is 7.26. The second kappa shape index (κ2) is 2.58. The van der Waals surface area contributed by atoms with Crippen molar-refractivity contribution in [1.82, 2.24) is 14.6 Å². The van der Waals surface area contributed by atoms with E-state index < -0.39 is 7.12 Å². The molecule has 0 bridgehead atoms. The van der Waals surface area contributed by atoms with Gasteiger partial charge in [-0.3, -0.25) is 0 Å². The molecule has 0 amide bonds. The van der Waals surface area contributed by atoms with Gasteiger partial charge in [-0.2, -0.15) is 5.10 Å². The summed E-state index contributed by atoms with van der Waals surface area (Å²) in [7, 11) is -1.53. The Labute approximate surface area is 68.4 Å². The summed E-state index contributed by atoms with van der Waals surface area (Å²) >= 11 is 0. The molecule has 0 aromatic carbocycles. The average molecular weight is 163 g/mol. The van der Waals surface area contributed by atoms with E-state index in [0.29, 0.717) is 5.65 Å². The summed E-state index contributed by atoms with van der Waals surface area (Å²) in [5, 5.41) is 21.6. The normalized spacial score (nSPS) is 10.5. The highest BCUT2D eigenvalue weighted by atomic mass is 16.4. The number of nitrogens with zero attached hydrogens (tertiary/aromatic N) is 3. The number of aromatic nitrogens is 3. The van der Waals surface area contributed by atoms with Gasteiger partial charge in [-0.05, 0) is 12.1 Å². The van der Waals surface area contributed by atoms with Crippen LogP contribution in [0.3, 0.4) is 0 Å². The molecule has 0 radical (unpaired) electrons. The Bertz CT molecular complexity index is 400. The largest absolute Gasteiger partial charge is 0.509 e. The highest BCUT2D eigenvalue weighted by Crippen LogP contribution is 1.93. The van der Waals surface area contributed by atoms with E-state index in [2.05, 4.69) is 10.1 Å². The molecule has 0 fully saturated rings. The molecule has 60 valence electrons. The molecular weight excluding hydrogens is 157 g/mol. The van der Waals surface area contributed by atoms with Gasteiger partial charge in [0.05, 0.1) is 5.59 Å². The van der Waals surface area contributed by atoms with Crippen LogP contribution in [0, 0.1) is 0 Å². The van der Waals surface area contributed by atoms with Gasteiger partial charge in [0.1, 0.15) is 0 Å². The third-order valence-corrected chi connectivity index (χ3v) is 1.57. The zero-order valence-corrected chi connectivity index (χ0v) is 6.12. The predicted octanol–water partition coefficient (Wildman–Crippen LogP) is -1.59. The molecule has 0 aliphatic rings. The Hall–Kier alpha value is -1.40. The first-order valence-corrected chi connectivity index (χ1v) is 3.44. The molecular formula is C6H6BN3O2. The molecule has 0 aliphatic heterocycles. The van der Waals surface area contributed by atoms with Gasteiger partial charge < -0.3 is 10.0 Å². The predicted molar refractivity (Wildman–Crippen MR) is 42.8 cm³/mol. The van der Waals surface area contributed by atoms with Crippen molar-refractivity contribution in [2.45, 2.75) is 0 Å². The van der Waals surface area contributed by atoms with Crippen molar-refractivity contribution in [3.63, 3.8) is 0 Å². The summed E-state index contributed by atoms with van der Waals surface area (Å²) in [6.45, 7) is 0. The summed E-state index contributed by atoms with van der Waals surface area (Å²) in [6, 6.07) is 3.47. The van der Waals surface area contributed by atoms with Crippen molar-refractivity contribution in [1.29, 1.82) is 0 Å².